The number of halogens is 1. The topological polar surface area (TPSA) is 64.7 Å². The summed E-state index contributed by atoms with van der Waals surface area (Å²) in [5.41, 5.74) is 0.532. The summed E-state index contributed by atoms with van der Waals surface area (Å²) in [7, 11) is 0. The Morgan fingerprint density at radius 3 is 2.48 bits per heavy atom. The third-order valence-corrected chi connectivity index (χ3v) is 6.59. The number of nitrogens with one attached hydrogen (secondary N) is 1. The number of hydrogen-bond donors (Lipinski definition) is 1. The van der Waals surface area contributed by atoms with E-state index in [-0.39, 0.29) is 11.4 Å². The van der Waals surface area contributed by atoms with Crippen molar-refractivity contribution in [3.8, 4) is 0 Å². The zero-order valence-corrected chi connectivity index (χ0v) is 15.7. The molecule has 6 rings (SSSR count). The Kier molecular flexibility index (Phi) is 3.55. The van der Waals surface area contributed by atoms with Crippen LogP contribution in [-0.4, -0.2) is 31.0 Å². The van der Waals surface area contributed by atoms with Gasteiger partial charge in [-0.2, -0.15) is 10.2 Å². The molecule has 25 heavy (non-hydrogen) atoms. The first-order valence-electron chi connectivity index (χ1n) is 9.11. The summed E-state index contributed by atoms with van der Waals surface area (Å²) < 4.78 is 4.45. The monoisotopic (exact) mass is 403 g/mol. The van der Waals surface area contributed by atoms with Gasteiger partial charge in [-0.1, -0.05) is 0 Å². The van der Waals surface area contributed by atoms with Gasteiger partial charge in [0, 0.05) is 17.9 Å². The SMILES string of the molecule is O=C(NC12CC3CC(CC(C3)C1)C2)c1ccn(Cn2cc(Br)cn2)n1. The van der Waals surface area contributed by atoms with E-state index < -0.39 is 0 Å². The van der Waals surface area contributed by atoms with Crippen molar-refractivity contribution >= 4 is 21.8 Å². The number of aromatic nitrogens is 4. The van der Waals surface area contributed by atoms with Crippen molar-refractivity contribution in [2.75, 3.05) is 0 Å². The van der Waals surface area contributed by atoms with E-state index in [1.165, 1.54) is 19.3 Å². The van der Waals surface area contributed by atoms with Crippen LogP contribution in [-0.2, 0) is 6.67 Å². The predicted octanol–water partition coefficient (Wildman–Crippen LogP) is 3.05. The fourth-order valence-corrected chi connectivity index (χ4v) is 6.02. The van der Waals surface area contributed by atoms with E-state index in [4.69, 9.17) is 0 Å². The van der Waals surface area contributed by atoms with Gasteiger partial charge in [0.25, 0.3) is 5.91 Å². The molecule has 4 saturated carbocycles. The molecule has 4 aliphatic carbocycles. The molecular formula is C18H22BrN5O. The van der Waals surface area contributed by atoms with E-state index in [9.17, 15) is 4.79 Å². The van der Waals surface area contributed by atoms with E-state index in [2.05, 4.69) is 31.4 Å². The van der Waals surface area contributed by atoms with Crippen LogP contribution < -0.4 is 5.32 Å². The fourth-order valence-electron chi connectivity index (χ4n) is 5.69. The van der Waals surface area contributed by atoms with E-state index in [0.717, 1.165) is 41.5 Å². The average Bonchev–Trinajstić information content (AvgIpc) is 3.15. The van der Waals surface area contributed by atoms with Gasteiger partial charge >= 0.3 is 0 Å². The summed E-state index contributed by atoms with van der Waals surface area (Å²) in [6, 6.07) is 1.80. The highest BCUT2D eigenvalue weighted by molar-refractivity contribution is 9.10. The third kappa shape index (κ3) is 2.92. The lowest BCUT2D eigenvalue weighted by Crippen LogP contribution is -2.59. The van der Waals surface area contributed by atoms with Gasteiger partial charge in [0.05, 0.1) is 10.7 Å². The first-order chi connectivity index (χ1) is 12.1. The largest absolute Gasteiger partial charge is 0.345 e. The van der Waals surface area contributed by atoms with Gasteiger partial charge in [0.1, 0.15) is 12.4 Å². The molecule has 0 saturated heterocycles. The Morgan fingerprint density at radius 2 is 1.88 bits per heavy atom. The second-order valence-corrected chi connectivity index (χ2v) is 9.15. The Hall–Kier alpha value is -1.63. The van der Waals surface area contributed by atoms with Crippen LogP contribution in [0.15, 0.2) is 29.1 Å². The molecule has 4 fully saturated rings. The summed E-state index contributed by atoms with van der Waals surface area (Å²) >= 11 is 3.38. The minimum Gasteiger partial charge on any atom is -0.345 e. The van der Waals surface area contributed by atoms with Crippen LogP contribution in [0, 0.1) is 17.8 Å². The van der Waals surface area contributed by atoms with Crippen molar-refractivity contribution in [3.05, 3.63) is 34.8 Å². The van der Waals surface area contributed by atoms with Crippen LogP contribution in [0.1, 0.15) is 49.0 Å². The minimum absolute atomic E-state index is 0.0256. The second kappa shape index (κ2) is 5.69. The highest BCUT2D eigenvalue weighted by Crippen LogP contribution is 2.55. The maximum Gasteiger partial charge on any atom is 0.272 e. The molecule has 132 valence electrons. The summed E-state index contributed by atoms with van der Waals surface area (Å²) in [4.78, 5) is 12.8. The fraction of sp³-hybridized carbons (Fsp3) is 0.611. The first kappa shape index (κ1) is 15.6. The molecule has 1 amide bonds. The maximum absolute atomic E-state index is 12.8. The van der Waals surface area contributed by atoms with Crippen molar-refractivity contribution in [3.63, 3.8) is 0 Å². The lowest BCUT2D eigenvalue weighted by Gasteiger charge is -2.56. The number of hydrogen-bond acceptors (Lipinski definition) is 3. The number of carbonyl (C=O) groups excluding carboxylic acids is 1. The summed E-state index contributed by atoms with van der Waals surface area (Å²) in [6.45, 7) is 0.496. The van der Waals surface area contributed by atoms with Crippen molar-refractivity contribution in [1.29, 1.82) is 0 Å². The second-order valence-electron chi connectivity index (χ2n) is 8.23. The van der Waals surface area contributed by atoms with Gasteiger partial charge in [-0.05, 0) is 78.3 Å². The molecule has 0 spiro atoms. The third-order valence-electron chi connectivity index (χ3n) is 6.18. The van der Waals surface area contributed by atoms with Gasteiger partial charge in [0.15, 0.2) is 0 Å². The minimum atomic E-state index is -0.0256. The molecule has 0 unspecified atom stereocenters. The van der Waals surface area contributed by atoms with Gasteiger partial charge in [-0.25, -0.2) is 4.68 Å². The van der Waals surface area contributed by atoms with Crippen LogP contribution in [0.2, 0.25) is 0 Å². The Bertz CT molecular complexity index is 775. The van der Waals surface area contributed by atoms with Crippen LogP contribution in [0.3, 0.4) is 0 Å². The molecule has 2 aromatic heterocycles. The molecule has 0 atom stereocenters. The average molecular weight is 404 g/mol. The van der Waals surface area contributed by atoms with Crippen LogP contribution in [0.4, 0.5) is 0 Å². The molecule has 1 N–H and O–H groups in total. The van der Waals surface area contributed by atoms with Crippen molar-refractivity contribution in [2.24, 2.45) is 17.8 Å². The molecule has 0 radical (unpaired) electrons. The molecule has 6 nitrogen and oxygen atoms in total. The molecule has 2 aromatic rings. The number of rotatable bonds is 4. The highest BCUT2D eigenvalue weighted by atomic mass is 79.9. The van der Waals surface area contributed by atoms with E-state index >= 15 is 0 Å². The molecule has 4 bridgehead atoms. The number of nitrogens with zero attached hydrogens (tertiary/aromatic N) is 4. The lowest BCUT2D eigenvalue weighted by molar-refractivity contribution is -0.0168. The molecule has 0 aliphatic heterocycles. The predicted molar refractivity (Wildman–Crippen MR) is 95.9 cm³/mol. The van der Waals surface area contributed by atoms with Gasteiger partial charge < -0.3 is 5.32 Å². The molecule has 2 heterocycles. The van der Waals surface area contributed by atoms with Crippen molar-refractivity contribution in [2.45, 2.75) is 50.7 Å². The van der Waals surface area contributed by atoms with E-state index in [1.807, 2.05) is 12.4 Å². The smallest absolute Gasteiger partial charge is 0.272 e. The number of carbonyl (C=O) groups is 1. The lowest BCUT2D eigenvalue weighted by atomic mass is 9.53. The molecule has 4 aliphatic rings. The van der Waals surface area contributed by atoms with Crippen LogP contribution in [0.25, 0.3) is 0 Å². The Morgan fingerprint density at radius 1 is 1.20 bits per heavy atom. The van der Waals surface area contributed by atoms with E-state index in [0.29, 0.717) is 12.4 Å². The van der Waals surface area contributed by atoms with E-state index in [1.54, 1.807) is 21.6 Å². The zero-order valence-electron chi connectivity index (χ0n) is 14.1. The van der Waals surface area contributed by atoms with Crippen LogP contribution in [0.5, 0.6) is 0 Å². The molecule has 7 heteroatoms. The van der Waals surface area contributed by atoms with Crippen LogP contribution >= 0.6 is 15.9 Å². The quantitative estimate of drug-likeness (QED) is 0.852. The first-order valence-corrected chi connectivity index (χ1v) is 9.90. The van der Waals surface area contributed by atoms with Crippen molar-refractivity contribution < 1.29 is 4.79 Å². The molecular weight excluding hydrogens is 382 g/mol. The summed E-state index contributed by atoms with van der Waals surface area (Å²) in [6.07, 6.45) is 13.1. The Labute approximate surface area is 155 Å². The summed E-state index contributed by atoms with van der Waals surface area (Å²) in [5, 5.41) is 12.0. The van der Waals surface area contributed by atoms with Gasteiger partial charge in [0.2, 0.25) is 0 Å². The van der Waals surface area contributed by atoms with Gasteiger partial charge in [-0.15, -0.1) is 0 Å². The highest BCUT2D eigenvalue weighted by Gasteiger charge is 2.51. The Balaban J connectivity index is 1.29. The standard InChI is InChI=1S/C18H22BrN5O/c19-15-9-20-24(10-15)11-23-2-1-16(22-23)17(25)21-18-6-12-3-13(7-18)5-14(4-12)8-18/h1-2,9-10,12-14H,3-8,11H2,(H,21,25). The normalized spacial score (nSPS) is 32.9. The number of amides is 1. The van der Waals surface area contributed by atoms with Crippen molar-refractivity contribution in [1.82, 2.24) is 24.9 Å². The summed E-state index contributed by atoms with van der Waals surface area (Å²) in [5.74, 6) is 2.44. The molecule has 0 aromatic carbocycles. The van der Waals surface area contributed by atoms with Gasteiger partial charge in [-0.3, -0.25) is 9.48 Å². The zero-order chi connectivity index (χ0) is 17.0. The maximum atomic E-state index is 12.8.